The number of unbranched alkanes of at least 4 members (excludes halogenated alkanes) is 1. The van der Waals surface area contributed by atoms with E-state index in [2.05, 4.69) is 10.6 Å². The highest BCUT2D eigenvalue weighted by Gasteiger charge is 2.15. The van der Waals surface area contributed by atoms with Crippen molar-refractivity contribution in [1.82, 2.24) is 19.8 Å². The van der Waals surface area contributed by atoms with Crippen LogP contribution in [0.25, 0.3) is 10.9 Å². The van der Waals surface area contributed by atoms with Gasteiger partial charge in [-0.25, -0.2) is 4.79 Å². The van der Waals surface area contributed by atoms with Crippen molar-refractivity contribution in [3.8, 4) is 0 Å². The molecule has 32 heavy (non-hydrogen) atoms. The zero-order chi connectivity index (χ0) is 22.9. The van der Waals surface area contributed by atoms with Gasteiger partial charge in [0, 0.05) is 19.5 Å². The van der Waals surface area contributed by atoms with Gasteiger partial charge in [-0.05, 0) is 43.5 Å². The third kappa shape index (κ3) is 5.75. The van der Waals surface area contributed by atoms with Crippen molar-refractivity contribution >= 4 is 22.7 Å². The van der Waals surface area contributed by atoms with E-state index >= 15 is 0 Å². The van der Waals surface area contributed by atoms with E-state index in [1.54, 1.807) is 36.4 Å². The molecule has 0 radical (unpaired) electrons. The van der Waals surface area contributed by atoms with E-state index in [1.165, 1.54) is 10.8 Å². The summed E-state index contributed by atoms with van der Waals surface area (Å²) in [7, 11) is 0. The first kappa shape index (κ1) is 23.1. The van der Waals surface area contributed by atoms with Crippen LogP contribution in [0.2, 0.25) is 0 Å². The summed E-state index contributed by atoms with van der Waals surface area (Å²) in [5, 5.41) is 5.89. The molecule has 3 aromatic rings. The maximum absolute atomic E-state index is 13.1. The molecule has 0 aliphatic carbocycles. The molecule has 0 aliphatic rings. The largest absolute Gasteiger partial charge is 0.467 e. The maximum Gasteiger partial charge on any atom is 0.331 e. The second kappa shape index (κ2) is 11.1. The standard InChI is InChI=1S/C23H28N4O5/c1-2-12-24-20(28)11-5-6-13-26-22(30)18-9-3-4-10-19(18)27(23(26)31)16-21(29)25-15-17-8-7-14-32-17/h3-4,7-10,14H,2,5-6,11-13,15-16H2,1H3,(H,24,28)(H,25,29). The molecule has 0 aliphatic heterocycles. The Kier molecular flexibility index (Phi) is 8.02. The van der Waals surface area contributed by atoms with Crippen LogP contribution in [-0.4, -0.2) is 27.5 Å². The number of para-hydroxylation sites is 1. The molecule has 9 nitrogen and oxygen atoms in total. The van der Waals surface area contributed by atoms with Crippen LogP contribution in [-0.2, 0) is 29.2 Å². The Balaban J connectivity index is 1.75. The number of rotatable bonds is 11. The highest BCUT2D eigenvalue weighted by Crippen LogP contribution is 2.08. The minimum atomic E-state index is -0.544. The van der Waals surface area contributed by atoms with Gasteiger partial charge in [0.1, 0.15) is 12.3 Å². The van der Waals surface area contributed by atoms with Crippen molar-refractivity contribution in [1.29, 1.82) is 0 Å². The Morgan fingerprint density at radius 3 is 2.53 bits per heavy atom. The van der Waals surface area contributed by atoms with Gasteiger partial charge >= 0.3 is 5.69 Å². The van der Waals surface area contributed by atoms with Crippen LogP contribution in [0.1, 0.15) is 38.4 Å². The average molecular weight is 441 g/mol. The van der Waals surface area contributed by atoms with E-state index in [0.29, 0.717) is 42.5 Å². The summed E-state index contributed by atoms with van der Waals surface area (Å²) in [4.78, 5) is 50.2. The molecular formula is C23H28N4O5. The molecule has 1 aromatic carbocycles. The average Bonchev–Trinajstić information content (AvgIpc) is 3.32. The minimum Gasteiger partial charge on any atom is -0.467 e. The Hall–Kier alpha value is -3.62. The second-order valence-electron chi connectivity index (χ2n) is 7.51. The third-order valence-electron chi connectivity index (χ3n) is 5.08. The van der Waals surface area contributed by atoms with E-state index in [1.807, 2.05) is 6.92 Å². The molecule has 2 aromatic heterocycles. The fraction of sp³-hybridized carbons (Fsp3) is 0.391. The van der Waals surface area contributed by atoms with E-state index in [9.17, 15) is 19.2 Å². The number of fused-ring (bicyclic) bond motifs is 1. The SMILES string of the molecule is CCCNC(=O)CCCCn1c(=O)c2ccccc2n(CC(=O)NCc2ccco2)c1=O. The molecule has 2 amide bonds. The summed E-state index contributed by atoms with van der Waals surface area (Å²) in [5.74, 6) is 0.193. The molecule has 0 saturated heterocycles. The van der Waals surface area contributed by atoms with Crippen molar-refractivity contribution in [2.45, 2.75) is 52.2 Å². The summed E-state index contributed by atoms with van der Waals surface area (Å²) < 4.78 is 7.65. The number of amides is 2. The first-order valence-corrected chi connectivity index (χ1v) is 10.8. The molecule has 0 spiro atoms. The molecular weight excluding hydrogens is 412 g/mol. The number of hydrogen-bond acceptors (Lipinski definition) is 5. The summed E-state index contributed by atoms with van der Waals surface area (Å²) >= 11 is 0. The van der Waals surface area contributed by atoms with Gasteiger partial charge in [0.25, 0.3) is 5.56 Å². The number of nitrogens with one attached hydrogen (secondary N) is 2. The predicted molar refractivity (Wildman–Crippen MR) is 120 cm³/mol. The van der Waals surface area contributed by atoms with E-state index < -0.39 is 11.2 Å². The highest BCUT2D eigenvalue weighted by atomic mass is 16.3. The Labute approximate surface area is 185 Å². The molecule has 3 rings (SSSR count). The van der Waals surface area contributed by atoms with Crippen LogP contribution in [0.4, 0.5) is 0 Å². The molecule has 0 unspecified atom stereocenters. The lowest BCUT2D eigenvalue weighted by atomic mass is 10.2. The monoisotopic (exact) mass is 440 g/mol. The lowest BCUT2D eigenvalue weighted by molar-refractivity contribution is -0.122. The zero-order valence-electron chi connectivity index (χ0n) is 18.1. The van der Waals surface area contributed by atoms with Crippen molar-refractivity contribution in [3.05, 3.63) is 69.3 Å². The molecule has 170 valence electrons. The number of aromatic nitrogens is 2. The molecule has 9 heteroatoms. The van der Waals surface area contributed by atoms with Crippen LogP contribution < -0.4 is 21.9 Å². The molecule has 0 fully saturated rings. The fourth-order valence-corrected chi connectivity index (χ4v) is 3.43. The molecule has 2 N–H and O–H groups in total. The van der Waals surface area contributed by atoms with E-state index in [0.717, 1.165) is 11.0 Å². The smallest absolute Gasteiger partial charge is 0.331 e. The van der Waals surface area contributed by atoms with Crippen LogP contribution in [0.3, 0.4) is 0 Å². The Morgan fingerprint density at radius 2 is 1.78 bits per heavy atom. The lowest BCUT2D eigenvalue weighted by Gasteiger charge is -2.14. The first-order valence-electron chi connectivity index (χ1n) is 10.8. The zero-order valence-corrected chi connectivity index (χ0v) is 18.1. The maximum atomic E-state index is 13.1. The summed E-state index contributed by atoms with van der Waals surface area (Å²) in [5.41, 5.74) is -0.531. The number of benzene rings is 1. The van der Waals surface area contributed by atoms with Gasteiger partial charge in [0.15, 0.2) is 0 Å². The quantitative estimate of drug-likeness (QED) is 0.441. The number of hydrogen-bond donors (Lipinski definition) is 2. The van der Waals surface area contributed by atoms with Crippen LogP contribution in [0, 0.1) is 0 Å². The van der Waals surface area contributed by atoms with Crippen molar-refractivity contribution in [2.24, 2.45) is 0 Å². The number of carbonyl (C=O) groups excluding carboxylic acids is 2. The predicted octanol–water partition coefficient (Wildman–Crippen LogP) is 1.77. The number of carbonyl (C=O) groups is 2. The number of furan rings is 1. The van der Waals surface area contributed by atoms with Gasteiger partial charge in [0.2, 0.25) is 11.8 Å². The van der Waals surface area contributed by atoms with E-state index in [-0.39, 0.29) is 31.4 Å². The van der Waals surface area contributed by atoms with E-state index in [4.69, 9.17) is 4.42 Å². The topological polar surface area (TPSA) is 115 Å². The second-order valence-corrected chi connectivity index (χ2v) is 7.51. The summed E-state index contributed by atoms with van der Waals surface area (Å²) in [6.45, 7) is 2.78. The van der Waals surface area contributed by atoms with Crippen LogP contribution in [0.5, 0.6) is 0 Å². The molecule has 0 saturated carbocycles. The third-order valence-corrected chi connectivity index (χ3v) is 5.08. The van der Waals surface area contributed by atoms with Crippen molar-refractivity contribution in [3.63, 3.8) is 0 Å². The van der Waals surface area contributed by atoms with Gasteiger partial charge in [-0.15, -0.1) is 0 Å². The normalized spacial score (nSPS) is 10.9. The van der Waals surface area contributed by atoms with Gasteiger partial charge in [-0.3, -0.25) is 23.5 Å². The van der Waals surface area contributed by atoms with Gasteiger partial charge in [0.05, 0.1) is 23.7 Å². The number of nitrogens with zero attached hydrogens (tertiary/aromatic N) is 2. The van der Waals surface area contributed by atoms with Gasteiger partial charge in [-0.1, -0.05) is 19.1 Å². The summed E-state index contributed by atoms with van der Waals surface area (Å²) in [6.07, 6.45) is 3.77. The fourth-order valence-electron chi connectivity index (χ4n) is 3.43. The Bertz CT molecular complexity index is 1180. The van der Waals surface area contributed by atoms with Crippen molar-refractivity contribution in [2.75, 3.05) is 6.54 Å². The van der Waals surface area contributed by atoms with Crippen LogP contribution in [0.15, 0.2) is 56.7 Å². The minimum absolute atomic E-state index is 0.0386. The highest BCUT2D eigenvalue weighted by molar-refractivity contribution is 5.81. The van der Waals surface area contributed by atoms with Gasteiger partial charge < -0.3 is 15.1 Å². The van der Waals surface area contributed by atoms with Gasteiger partial charge in [-0.2, -0.15) is 0 Å². The lowest BCUT2D eigenvalue weighted by Crippen LogP contribution is -2.42. The summed E-state index contributed by atoms with van der Waals surface area (Å²) in [6, 6.07) is 10.2. The Morgan fingerprint density at radius 1 is 0.969 bits per heavy atom. The van der Waals surface area contributed by atoms with Crippen molar-refractivity contribution < 1.29 is 14.0 Å². The molecule has 0 bridgehead atoms. The molecule has 2 heterocycles. The molecule has 0 atom stereocenters. The van der Waals surface area contributed by atoms with Crippen LogP contribution >= 0.6 is 0 Å². The first-order chi connectivity index (χ1) is 15.5.